The average molecular weight is 382 g/mol. The summed E-state index contributed by atoms with van der Waals surface area (Å²) < 4.78 is 33.3. The number of carbonyl (C=O) groups excluding carboxylic acids is 1. The van der Waals surface area contributed by atoms with E-state index < -0.39 is 17.7 Å². The summed E-state index contributed by atoms with van der Waals surface area (Å²) in [6, 6.07) is 3.35. The number of hydrogen-bond donors (Lipinski definition) is 1. The summed E-state index contributed by atoms with van der Waals surface area (Å²) in [5.41, 5.74) is 0.0210. The normalized spacial score (nSPS) is 21.5. The predicted molar refractivity (Wildman–Crippen MR) is 100 cm³/mol. The zero-order chi connectivity index (χ0) is 20.1. The predicted octanol–water partition coefficient (Wildman–Crippen LogP) is 1.88. The summed E-state index contributed by atoms with van der Waals surface area (Å²) in [5.74, 6) is -0.888. The number of halogens is 2. The fraction of sp³-hybridized carbons (Fsp3) is 0.579. The largest absolute Gasteiger partial charge is 0.469 e. The van der Waals surface area contributed by atoms with E-state index in [0.717, 1.165) is 0 Å². The maximum atomic E-state index is 14.2. The molecule has 1 aromatic rings. The Morgan fingerprint density at radius 2 is 2.00 bits per heavy atom. The van der Waals surface area contributed by atoms with E-state index >= 15 is 0 Å². The molecule has 1 aromatic carbocycles. The molecule has 0 spiro atoms. The van der Waals surface area contributed by atoms with E-state index in [1.165, 1.54) is 25.3 Å². The van der Waals surface area contributed by atoms with Crippen LogP contribution in [-0.2, 0) is 9.53 Å². The first-order valence-corrected chi connectivity index (χ1v) is 8.93. The molecule has 1 saturated heterocycles. The summed E-state index contributed by atoms with van der Waals surface area (Å²) in [6.07, 6.45) is 0. The van der Waals surface area contributed by atoms with Crippen LogP contribution in [0.25, 0.3) is 0 Å². The van der Waals surface area contributed by atoms with Gasteiger partial charge in [-0.15, -0.1) is 0 Å². The Bertz CT molecular complexity index is 676. The fourth-order valence-electron chi connectivity index (χ4n) is 3.49. The van der Waals surface area contributed by atoms with Gasteiger partial charge >= 0.3 is 5.97 Å². The van der Waals surface area contributed by atoms with Crippen molar-refractivity contribution < 1.29 is 18.3 Å². The molecule has 3 unspecified atom stereocenters. The average Bonchev–Trinajstić information content (AvgIpc) is 3.01. The van der Waals surface area contributed by atoms with Gasteiger partial charge in [0.15, 0.2) is 5.96 Å². The van der Waals surface area contributed by atoms with Crippen molar-refractivity contribution in [2.24, 2.45) is 16.8 Å². The molecule has 150 valence electrons. The zero-order valence-corrected chi connectivity index (χ0v) is 16.5. The topological polar surface area (TPSA) is 57.2 Å². The van der Waals surface area contributed by atoms with Crippen LogP contribution in [0.1, 0.15) is 18.5 Å². The van der Waals surface area contributed by atoms with Crippen LogP contribution in [0.5, 0.6) is 0 Å². The molecule has 0 aliphatic carbocycles. The van der Waals surface area contributed by atoms with E-state index in [2.05, 4.69) is 10.3 Å². The first-order valence-electron chi connectivity index (χ1n) is 8.93. The molecule has 1 heterocycles. The number of likely N-dealkylation sites (tertiary alicyclic amines) is 1. The zero-order valence-electron chi connectivity index (χ0n) is 16.5. The number of carbonyl (C=O) groups is 1. The number of ether oxygens (including phenoxy) is 1. The minimum Gasteiger partial charge on any atom is -0.469 e. The van der Waals surface area contributed by atoms with Crippen LogP contribution >= 0.6 is 0 Å². The van der Waals surface area contributed by atoms with Crippen LogP contribution in [0, 0.1) is 23.5 Å². The lowest BCUT2D eigenvalue weighted by Gasteiger charge is -2.28. The Hall–Kier alpha value is -2.22. The van der Waals surface area contributed by atoms with Crippen LogP contribution < -0.4 is 5.32 Å². The number of benzene rings is 1. The second-order valence-electron chi connectivity index (χ2n) is 7.05. The molecule has 0 aromatic heterocycles. The van der Waals surface area contributed by atoms with Crippen LogP contribution in [0.3, 0.4) is 0 Å². The van der Waals surface area contributed by atoms with Gasteiger partial charge in [0, 0.05) is 32.2 Å². The van der Waals surface area contributed by atoms with Gasteiger partial charge in [-0.25, -0.2) is 8.78 Å². The lowest BCUT2D eigenvalue weighted by Crippen LogP contribution is -2.44. The van der Waals surface area contributed by atoms with Crippen LogP contribution in [0.15, 0.2) is 23.2 Å². The number of rotatable bonds is 5. The number of guanidine groups is 1. The SMILES string of the molecule is CN=C(NCC(c1c(F)cccc1F)N(C)C)N1CC(C)C(C(=O)OC)C1. The van der Waals surface area contributed by atoms with E-state index in [9.17, 15) is 13.6 Å². The second kappa shape index (κ2) is 9.12. The first kappa shape index (κ1) is 21.1. The summed E-state index contributed by atoms with van der Waals surface area (Å²) in [5, 5.41) is 3.19. The van der Waals surface area contributed by atoms with Gasteiger partial charge in [-0.1, -0.05) is 13.0 Å². The quantitative estimate of drug-likeness (QED) is 0.479. The maximum Gasteiger partial charge on any atom is 0.310 e. The summed E-state index contributed by atoms with van der Waals surface area (Å²) in [7, 11) is 6.57. The molecular weight excluding hydrogens is 354 g/mol. The van der Waals surface area contributed by atoms with Crippen molar-refractivity contribution in [1.82, 2.24) is 15.1 Å². The summed E-state index contributed by atoms with van der Waals surface area (Å²) in [4.78, 5) is 19.9. The Labute approximate surface area is 159 Å². The van der Waals surface area contributed by atoms with Crippen LogP contribution in [0.4, 0.5) is 8.78 Å². The highest BCUT2D eigenvalue weighted by molar-refractivity contribution is 5.82. The van der Waals surface area contributed by atoms with Gasteiger partial charge in [0.05, 0.1) is 19.1 Å². The molecule has 1 fully saturated rings. The van der Waals surface area contributed by atoms with Gasteiger partial charge in [0.1, 0.15) is 11.6 Å². The molecule has 0 saturated carbocycles. The maximum absolute atomic E-state index is 14.2. The van der Waals surface area contributed by atoms with E-state index in [1.807, 2.05) is 11.8 Å². The van der Waals surface area contributed by atoms with Crippen molar-refractivity contribution in [3.63, 3.8) is 0 Å². The fourth-order valence-corrected chi connectivity index (χ4v) is 3.49. The van der Waals surface area contributed by atoms with E-state index in [0.29, 0.717) is 19.0 Å². The number of aliphatic imine (C=N–C) groups is 1. The van der Waals surface area contributed by atoms with Crippen molar-refractivity contribution in [3.8, 4) is 0 Å². The molecule has 2 rings (SSSR count). The molecule has 8 heteroatoms. The molecule has 3 atom stereocenters. The van der Waals surface area contributed by atoms with Crippen molar-refractivity contribution >= 4 is 11.9 Å². The van der Waals surface area contributed by atoms with Gasteiger partial charge in [0.25, 0.3) is 0 Å². The van der Waals surface area contributed by atoms with Gasteiger partial charge in [-0.2, -0.15) is 0 Å². The summed E-state index contributed by atoms with van der Waals surface area (Å²) >= 11 is 0. The van der Waals surface area contributed by atoms with E-state index in [4.69, 9.17) is 4.74 Å². The van der Waals surface area contributed by atoms with Gasteiger partial charge in [-0.3, -0.25) is 9.79 Å². The highest BCUT2D eigenvalue weighted by atomic mass is 19.1. The molecule has 27 heavy (non-hydrogen) atoms. The third-order valence-corrected chi connectivity index (χ3v) is 5.04. The van der Waals surface area contributed by atoms with Crippen molar-refractivity contribution in [1.29, 1.82) is 0 Å². The van der Waals surface area contributed by atoms with Crippen LogP contribution in [-0.4, -0.2) is 69.6 Å². The molecule has 0 radical (unpaired) electrons. The van der Waals surface area contributed by atoms with Gasteiger partial charge in [-0.05, 0) is 32.1 Å². The monoisotopic (exact) mass is 382 g/mol. The van der Waals surface area contributed by atoms with Gasteiger partial charge in [0.2, 0.25) is 0 Å². The van der Waals surface area contributed by atoms with Crippen molar-refractivity contribution in [3.05, 3.63) is 35.4 Å². The number of nitrogens with zero attached hydrogens (tertiary/aromatic N) is 3. The number of esters is 1. The highest BCUT2D eigenvalue weighted by Crippen LogP contribution is 2.26. The smallest absolute Gasteiger partial charge is 0.310 e. The number of methoxy groups -OCH3 is 1. The Kier molecular flexibility index (Phi) is 7.12. The first-order chi connectivity index (χ1) is 12.8. The summed E-state index contributed by atoms with van der Waals surface area (Å²) in [6.45, 7) is 3.41. The minimum atomic E-state index is -0.578. The molecule has 1 aliphatic heterocycles. The Balaban J connectivity index is 2.11. The van der Waals surface area contributed by atoms with E-state index in [-0.39, 0.29) is 29.9 Å². The minimum absolute atomic E-state index is 0.0210. The standard InChI is InChI=1S/C19H28F2N4O2/c1-12-10-25(11-13(12)18(26)27-5)19(22-2)23-9-16(24(3)4)17-14(20)7-6-8-15(17)21/h6-8,12-13,16H,9-11H2,1-5H3,(H,22,23). The highest BCUT2D eigenvalue weighted by Gasteiger charge is 2.37. The lowest BCUT2D eigenvalue weighted by molar-refractivity contribution is -0.145. The van der Waals surface area contributed by atoms with E-state index in [1.54, 1.807) is 26.0 Å². The number of hydrogen-bond acceptors (Lipinski definition) is 4. The molecule has 1 N–H and O–H groups in total. The number of likely N-dealkylation sites (N-methyl/N-ethyl adjacent to an activating group) is 1. The van der Waals surface area contributed by atoms with Crippen molar-refractivity contribution in [2.45, 2.75) is 13.0 Å². The van der Waals surface area contributed by atoms with Gasteiger partial charge < -0.3 is 19.9 Å². The Morgan fingerprint density at radius 3 is 2.52 bits per heavy atom. The van der Waals surface area contributed by atoms with Crippen LogP contribution in [0.2, 0.25) is 0 Å². The van der Waals surface area contributed by atoms with Crippen molar-refractivity contribution in [2.75, 3.05) is 47.9 Å². The lowest BCUT2D eigenvalue weighted by atomic mass is 9.99. The molecular formula is C19H28F2N4O2. The number of nitrogens with one attached hydrogen (secondary N) is 1. The Morgan fingerprint density at radius 1 is 1.37 bits per heavy atom. The molecule has 6 nitrogen and oxygen atoms in total. The third-order valence-electron chi connectivity index (χ3n) is 5.04. The second-order valence-corrected chi connectivity index (χ2v) is 7.05. The molecule has 0 bridgehead atoms. The molecule has 1 aliphatic rings. The third kappa shape index (κ3) is 4.74. The molecule has 0 amide bonds.